The Bertz CT molecular complexity index is 831. The second-order valence-corrected chi connectivity index (χ2v) is 7.99. The van der Waals surface area contributed by atoms with Crippen molar-refractivity contribution in [3.05, 3.63) is 63.1 Å². The third-order valence-electron chi connectivity index (χ3n) is 5.28. The van der Waals surface area contributed by atoms with Crippen LogP contribution < -0.4 is 4.90 Å². The van der Waals surface area contributed by atoms with Crippen molar-refractivity contribution in [2.24, 2.45) is 0 Å². The number of amides is 1. The third-order valence-corrected chi connectivity index (χ3v) is 5.72. The minimum Gasteiger partial charge on any atom is -0.306 e. The van der Waals surface area contributed by atoms with Gasteiger partial charge >= 0.3 is 0 Å². The first-order valence-electron chi connectivity index (χ1n) is 8.53. The molecule has 0 N–H and O–H groups in total. The van der Waals surface area contributed by atoms with E-state index in [-0.39, 0.29) is 11.9 Å². The molecule has 0 unspecified atom stereocenters. The number of halogens is 2. The van der Waals surface area contributed by atoms with E-state index in [1.807, 2.05) is 4.90 Å². The first-order valence-corrected chi connectivity index (χ1v) is 9.28. The monoisotopic (exact) mass is 374 g/mol. The fraction of sp³-hybridized carbons (Fsp3) is 0.350. The maximum atomic E-state index is 13.3. The topological polar surface area (TPSA) is 23.6 Å². The number of fused-ring (bicyclic) bond motifs is 3. The summed E-state index contributed by atoms with van der Waals surface area (Å²) in [5, 5.41) is 0.971. The van der Waals surface area contributed by atoms with Gasteiger partial charge in [-0.2, -0.15) is 0 Å². The zero-order valence-corrected chi connectivity index (χ0v) is 15.8. The van der Waals surface area contributed by atoms with Crippen LogP contribution in [0.4, 0.5) is 5.69 Å². The number of anilines is 1. The largest absolute Gasteiger partial charge is 0.306 e. The first-order chi connectivity index (χ1) is 11.9. The predicted molar refractivity (Wildman–Crippen MR) is 103 cm³/mol. The van der Waals surface area contributed by atoms with Gasteiger partial charge in [0.05, 0.1) is 0 Å². The highest BCUT2D eigenvalue weighted by atomic mass is 35.5. The summed E-state index contributed by atoms with van der Waals surface area (Å²) < 4.78 is 0. The first kappa shape index (κ1) is 16.9. The molecule has 4 rings (SSSR count). The van der Waals surface area contributed by atoms with E-state index in [0.717, 1.165) is 25.2 Å². The van der Waals surface area contributed by atoms with Crippen LogP contribution in [0.25, 0.3) is 0 Å². The normalized spacial score (nSPS) is 22.6. The maximum Gasteiger partial charge on any atom is 0.258 e. The van der Waals surface area contributed by atoms with E-state index >= 15 is 0 Å². The summed E-state index contributed by atoms with van der Waals surface area (Å²) in [7, 11) is 2.15. The lowest BCUT2D eigenvalue weighted by Gasteiger charge is -2.36. The van der Waals surface area contributed by atoms with Crippen molar-refractivity contribution in [1.82, 2.24) is 4.90 Å². The number of carbonyl (C=O) groups is 1. The second-order valence-electron chi connectivity index (χ2n) is 7.12. The Morgan fingerprint density at radius 2 is 1.84 bits per heavy atom. The number of likely N-dealkylation sites (tertiary alicyclic amines) is 1. The van der Waals surface area contributed by atoms with Gasteiger partial charge in [0.1, 0.15) is 0 Å². The molecule has 0 saturated carbocycles. The van der Waals surface area contributed by atoms with Crippen LogP contribution in [-0.2, 0) is 0 Å². The Morgan fingerprint density at radius 3 is 2.56 bits per heavy atom. The molecule has 2 aromatic carbocycles. The Morgan fingerprint density at radius 1 is 1.12 bits per heavy atom. The highest BCUT2D eigenvalue weighted by molar-refractivity contribution is 6.35. The average Bonchev–Trinajstić information content (AvgIpc) is 2.86. The van der Waals surface area contributed by atoms with Crippen LogP contribution in [0.3, 0.4) is 0 Å². The Labute approximate surface area is 158 Å². The summed E-state index contributed by atoms with van der Waals surface area (Å²) >= 11 is 12.2. The lowest BCUT2D eigenvalue weighted by atomic mass is 9.88. The van der Waals surface area contributed by atoms with Crippen molar-refractivity contribution in [2.45, 2.75) is 25.3 Å². The van der Waals surface area contributed by atoms with E-state index in [4.69, 9.17) is 23.2 Å². The Balaban J connectivity index is 1.79. The van der Waals surface area contributed by atoms with Crippen molar-refractivity contribution in [3.8, 4) is 0 Å². The van der Waals surface area contributed by atoms with Crippen LogP contribution in [0.15, 0.2) is 36.4 Å². The van der Waals surface area contributed by atoms with Gasteiger partial charge in [-0.05, 0) is 56.8 Å². The lowest BCUT2D eigenvalue weighted by Crippen LogP contribution is -2.47. The minimum atomic E-state index is -0.0217. The van der Waals surface area contributed by atoms with Crippen LogP contribution in [-0.4, -0.2) is 37.0 Å². The average molecular weight is 375 g/mol. The van der Waals surface area contributed by atoms with Crippen LogP contribution in [0.2, 0.25) is 10.0 Å². The summed E-state index contributed by atoms with van der Waals surface area (Å²) in [6.45, 7) is 4.07. The number of benzene rings is 2. The molecular weight excluding hydrogens is 355 g/mol. The van der Waals surface area contributed by atoms with Crippen molar-refractivity contribution in [3.63, 3.8) is 0 Å². The number of rotatable bonds is 1. The van der Waals surface area contributed by atoms with Crippen molar-refractivity contribution >= 4 is 34.8 Å². The van der Waals surface area contributed by atoms with E-state index in [1.54, 1.807) is 18.2 Å². The molecule has 0 spiro atoms. The van der Waals surface area contributed by atoms with Gasteiger partial charge < -0.3 is 9.80 Å². The van der Waals surface area contributed by atoms with Crippen LogP contribution >= 0.6 is 23.2 Å². The smallest absolute Gasteiger partial charge is 0.258 e. The molecule has 0 radical (unpaired) electrons. The fourth-order valence-electron chi connectivity index (χ4n) is 4.16. The number of likely N-dealkylation sites (N-methyl/N-ethyl adjacent to an activating group) is 1. The number of hydrogen-bond acceptors (Lipinski definition) is 2. The summed E-state index contributed by atoms with van der Waals surface area (Å²) in [6, 6.07) is 11.6. The Hall–Kier alpha value is -1.55. The molecule has 0 bridgehead atoms. The number of nitrogens with zero attached hydrogens (tertiary/aromatic N) is 2. The van der Waals surface area contributed by atoms with Gasteiger partial charge in [0, 0.05) is 39.8 Å². The summed E-state index contributed by atoms with van der Waals surface area (Å²) in [5.41, 5.74) is 4.07. The molecule has 1 amide bonds. The molecule has 2 aliphatic heterocycles. The molecule has 1 saturated heterocycles. The van der Waals surface area contributed by atoms with Crippen molar-refractivity contribution in [1.29, 1.82) is 0 Å². The van der Waals surface area contributed by atoms with E-state index in [1.165, 1.54) is 11.1 Å². The summed E-state index contributed by atoms with van der Waals surface area (Å²) in [6.07, 6.45) is 0.967. The van der Waals surface area contributed by atoms with Crippen LogP contribution in [0.1, 0.15) is 33.8 Å². The highest BCUT2D eigenvalue weighted by Crippen LogP contribution is 2.45. The van der Waals surface area contributed by atoms with Crippen LogP contribution in [0.5, 0.6) is 0 Å². The molecular formula is C20H20Cl2N2O. The maximum absolute atomic E-state index is 13.3. The minimum absolute atomic E-state index is 0.0217. The molecule has 5 heteroatoms. The van der Waals surface area contributed by atoms with Gasteiger partial charge in [0.2, 0.25) is 0 Å². The predicted octanol–water partition coefficient (Wildman–Crippen LogP) is 4.75. The molecule has 2 atom stereocenters. The van der Waals surface area contributed by atoms with E-state index < -0.39 is 0 Å². The van der Waals surface area contributed by atoms with Gasteiger partial charge in [0.15, 0.2) is 0 Å². The molecule has 3 nitrogen and oxygen atoms in total. The molecule has 2 aromatic rings. The fourth-order valence-corrected chi connectivity index (χ4v) is 4.69. The number of carbonyl (C=O) groups excluding carboxylic acids is 1. The lowest BCUT2D eigenvalue weighted by molar-refractivity contribution is 0.0964. The number of piperidine rings is 1. The molecule has 0 aliphatic carbocycles. The number of aryl methyl sites for hydroxylation is 1. The second kappa shape index (κ2) is 6.31. The summed E-state index contributed by atoms with van der Waals surface area (Å²) in [4.78, 5) is 17.6. The molecule has 2 heterocycles. The molecule has 1 fully saturated rings. The molecule has 130 valence electrons. The highest BCUT2D eigenvalue weighted by Gasteiger charge is 2.44. The van der Waals surface area contributed by atoms with Crippen molar-refractivity contribution < 1.29 is 4.79 Å². The van der Waals surface area contributed by atoms with Gasteiger partial charge in [-0.25, -0.2) is 0 Å². The zero-order valence-electron chi connectivity index (χ0n) is 14.3. The third kappa shape index (κ3) is 2.95. The molecule has 25 heavy (non-hydrogen) atoms. The van der Waals surface area contributed by atoms with Gasteiger partial charge in [-0.3, -0.25) is 4.79 Å². The van der Waals surface area contributed by atoms with Gasteiger partial charge in [-0.1, -0.05) is 40.9 Å². The standard InChI is InChI=1S/C20H20Cl2N2O/c1-12-3-4-18-16(7-12)17-11-23(2)6-5-19(17)24(18)20(25)13-8-14(21)10-15(22)9-13/h3-4,7-10,17,19H,5-6,11H2,1-2H3/t17-,19-/m0/s1. The van der Waals surface area contributed by atoms with Crippen molar-refractivity contribution in [2.75, 3.05) is 25.0 Å². The molecule has 0 aromatic heterocycles. The SMILES string of the molecule is Cc1ccc2c(c1)[C@@H]1CN(C)CC[C@@H]1N2C(=O)c1cc(Cl)cc(Cl)c1. The van der Waals surface area contributed by atoms with E-state index in [0.29, 0.717) is 21.5 Å². The Kier molecular flexibility index (Phi) is 4.27. The van der Waals surface area contributed by atoms with Crippen LogP contribution in [0, 0.1) is 6.92 Å². The quantitative estimate of drug-likeness (QED) is 0.718. The van der Waals surface area contributed by atoms with E-state index in [2.05, 4.69) is 37.1 Å². The number of hydrogen-bond donors (Lipinski definition) is 0. The summed E-state index contributed by atoms with van der Waals surface area (Å²) in [5.74, 6) is 0.332. The zero-order chi connectivity index (χ0) is 17.7. The van der Waals surface area contributed by atoms with Gasteiger partial charge in [0.25, 0.3) is 5.91 Å². The van der Waals surface area contributed by atoms with Gasteiger partial charge in [-0.15, -0.1) is 0 Å². The molecule has 2 aliphatic rings. The van der Waals surface area contributed by atoms with E-state index in [9.17, 15) is 4.79 Å².